The van der Waals surface area contributed by atoms with Crippen molar-refractivity contribution >= 4 is 18.0 Å². The van der Waals surface area contributed by atoms with Crippen LogP contribution in [0, 0.1) is 13.8 Å². The molecule has 4 amide bonds. The van der Waals surface area contributed by atoms with Gasteiger partial charge < -0.3 is 20.3 Å². The van der Waals surface area contributed by atoms with Crippen LogP contribution in [0.4, 0.5) is 9.59 Å². The van der Waals surface area contributed by atoms with Gasteiger partial charge >= 0.3 is 18.0 Å². The number of esters is 1. The molecule has 0 radical (unpaired) electrons. The molecule has 0 saturated carbocycles. The van der Waals surface area contributed by atoms with E-state index in [0.717, 1.165) is 29.7 Å². The van der Waals surface area contributed by atoms with Gasteiger partial charge in [0, 0.05) is 51.5 Å². The van der Waals surface area contributed by atoms with E-state index < -0.39 is 12.0 Å². The molecule has 0 bridgehead atoms. The fourth-order valence-electron chi connectivity index (χ4n) is 4.66. The van der Waals surface area contributed by atoms with Gasteiger partial charge in [0.25, 0.3) is 0 Å². The van der Waals surface area contributed by atoms with Gasteiger partial charge in [-0.2, -0.15) is 0 Å². The highest BCUT2D eigenvalue weighted by Gasteiger charge is 2.38. The zero-order valence-electron chi connectivity index (χ0n) is 21.8. The summed E-state index contributed by atoms with van der Waals surface area (Å²) in [7, 11) is 1.68. The van der Waals surface area contributed by atoms with Crippen molar-refractivity contribution in [3.8, 4) is 0 Å². The molecule has 35 heavy (non-hydrogen) atoms. The van der Waals surface area contributed by atoms with E-state index in [1.165, 1.54) is 4.90 Å². The van der Waals surface area contributed by atoms with E-state index in [0.29, 0.717) is 37.4 Å². The quantitative estimate of drug-likeness (QED) is 0.605. The molecule has 0 aliphatic carbocycles. The van der Waals surface area contributed by atoms with Gasteiger partial charge in [0.1, 0.15) is 0 Å². The molecule has 2 aliphatic rings. The summed E-state index contributed by atoms with van der Waals surface area (Å²) < 4.78 is 5.46. The zero-order valence-corrected chi connectivity index (χ0v) is 21.8. The van der Waals surface area contributed by atoms with Crippen molar-refractivity contribution in [1.29, 1.82) is 0 Å². The summed E-state index contributed by atoms with van der Waals surface area (Å²) >= 11 is 0. The molecule has 9 heteroatoms. The first-order valence-corrected chi connectivity index (χ1v) is 12.4. The molecule has 1 atom stereocenters. The first-order valence-electron chi connectivity index (χ1n) is 12.4. The van der Waals surface area contributed by atoms with Crippen molar-refractivity contribution in [1.82, 2.24) is 25.3 Å². The van der Waals surface area contributed by atoms with Crippen LogP contribution >= 0.6 is 0 Å². The number of likely N-dealkylation sites (N-methyl/N-ethyl adjacent to an activating group) is 1. The van der Waals surface area contributed by atoms with Gasteiger partial charge in [0.2, 0.25) is 0 Å². The Morgan fingerprint density at radius 3 is 2.57 bits per heavy atom. The number of benzene rings is 1. The van der Waals surface area contributed by atoms with Crippen LogP contribution in [0.5, 0.6) is 0 Å². The predicted octanol–water partition coefficient (Wildman–Crippen LogP) is 2.94. The van der Waals surface area contributed by atoms with Gasteiger partial charge in [0.15, 0.2) is 0 Å². The number of carbonyl (C=O) groups excluding carboxylic acids is 3. The topological polar surface area (TPSA) is 94.2 Å². The number of rotatable bonds is 6. The summed E-state index contributed by atoms with van der Waals surface area (Å²) in [6.07, 6.45) is 0.809. The molecule has 9 nitrogen and oxygen atoms in total. The van der Waals surface area contributed by atoms with Gasteiger partial charge in [-0.3, -0.25) is 9.80 Å². The Morgan fingerprint density at radius 1 is 1.17 bits per heavy atom. The second kappa shape index (κ2) is 11.6. The van der Waals surface area contributed by atoms with Crippen LogP contribution in [0.3, 0.4) is 0 Å². The molecule has 3 rings (SSSR count). The van der Waals surface area contributed by atoms with Gasteiger partial charge in [-0.05, 0) is 52.2 Å². The molecule has 1 fully saturated rings. The predicted molar refractivity (Wildman–Crippen MR) is 135 cm³/mol. The van der Waals surface area contributed by atoms with E-state index in [4.69, 9.17) is 4.74 Å². The van der Waals surface area contributed by atoms with Crippen LogP contribution in [-0.2, 0) is 9.53 Å². The summed E-state index contributed by atoms with van der Waals surface area (Å²) in [5.41, 5.74) is 4.09. The van der Waals surface area contributed by atoms with Crippen LogP contribution in [0.2, 0.25) is 0 Å². The number of carbonyl (C=O) groups is 3. The molecule has 1 aromatic carbocycles. The number of hydrogen-bond acceptors (Lipinski definition) is 5. The van der Waals surface area contributed by atoms with Gasteiger partial charge in [0.05, 0.1) is 18.2 Å². The van der Waals surface area contributed by atoms with E-state index in [9.17, 15) is 14.4 Å². The molecule has 0 unspecified atom stereocenters. The van der Waals surface area contributed by atoms with Crippen LogP contribution < -0.4 is 10.6 Å². The number of ether oxygens (including phenoxy) is 1. The minimum atomic E-state index is -0.589. The van der Waals surface area contributed by atoms with Crippen LogP contribution in [0.25, 0.3) is 0 Å². The third-order valence-corrected chi connectivity index (χ3v) is 6.47. The van der Waals surface area contributed by atoms with Crippen molar-refractivity contribution in [3.63, 3.8) is 0 Å². The highest BCUT2D eigenvalue weighted by molar-refractivity contribution is 5.95. The highest BCUT2D eigenvalue weighted by atomic mass is 16.5. The molecule has 1 aromatic rings. The Morgan fingerprint density at radius 2 is 1.91 bits per heavy atom. The van der Waals surface area contributed by atoms with E-state index in [1.807, 2.05) is 50.8 Å². The minimum absolute atomic E-state index is 0.0580. The summed E-state index contributed by atoms with van der Waals surface area (Å²) in [5, 5.41) is 5.96. The number of nitrogens with one attached hydrogen (secondary N) is 2. The Labute approximate surface area is 208 Å². The number of urea groups is 2. The zero-order chi connectivity index (χ0) is 25.7. The van der Waals surface area contributed by atoms with E-state index in [2.05, 4.69) is 15.5 Å². The Balaban J connectivity index is 1.93. The van der Waals surface area contributed by atoms with Crippen molar-refractivity contribution in [2.45, 2.75) is 53.1 Å². The molecule has 0 spiro atoms. The molecular formula is C26H39N5O4. The fraction of sp³-hybridized carbons (Fsp3) is 0.577. The third-order valence-electron chi connectivity index (χ3n) is 6.47. The monoisotopic (exact) mass is 485 g/mol. The number of amides is 4. The lowest BCUT2D eigenvalue weighted by Gasteiger charge is -2.37. The van der Waals surface area contributed by atoms with E-state index in [1.54, 1.807) is 14.0 Å². The normalized spacial score (nSPS) is 19.5. The Hall–Kier alpha value is -3.07. The van der Waals surface area contributed by atoms with Crippen molar-refractivity contribution < 1.29 is 19.1 Å². The average Bonchev–Trinajstić information content (AvgIpc) is 3.02. The lowest BCUT2D eigenvalue weighted by Crippen LogP contribution is -2.50. The summed E-state index contributed by atoms with van der Waals surface area (Å²) in [6, 6.07) is 5.18. The molecule has 192 valence electrons. The summed E-state index contributed by atoms with van der Waals surface area (Å²) in [4.78, 5) is 44.3. The third kappa shape index (κ3) is 6.33. The van der Waals surface area contributed by atoms with Crippen LogP contribution in [-0.4, -0.2) is 85.2 Å². The van der Waals surface area contributed by atoms with Crippen molar-refractivity contribution in [3.05, 3.63) is 46.2 Å². The van der Waals surface area contributed by atoms with E-state index in [-0.39, 0.29) is 24.7 Å². The van der Waals surface area contributed by atoms with Crippen molar-refractivity contribution in [2.75, 3.05) is 46.4 Å². The summed E-state index contributed by atoms with van der Waals surface area (Å²) in [6.45, 7) is 13.0. The summed E-state index contributed by atoms with van der Waals surface area (Å²) in [5.74, 6) is -0.424. The molecule has 1 saturated heterocycles. The molecule has 2 aliphatic heterocycles. The minimum Gasteiger partial charge on any atom is -0.463 e. The molecule has 2 N–H and O–H groups in total. The smallest absolute Gasteiger partial charge is 0.338 e. The van der Waals surface area contributed by atoms with Gasteiger partial charge in [-0.1, -0.05) is 23.8 Å². The van der Waals surface area contributed by atoms with Gasteiger partial charge in [-0.25, -0.2) is 14.4 Å². The standard InChI is InChI=1S/C26H39N5O4/c1-7-35-24(32)22-21(16-30-11-8-12-31(14-13-30)26(34)27-17(2)3)29(6)25(33)28-23(22)20-10-9-18(4)15-19(20)5/h9-10,15,17,23H,7-8,11-14,16H2,1-6H3,(H,27,34)(H,28,33)/t23-/m1/s1. The largest absolute Gasteiger partial charge is 0.463 e. The SMILES string of the molecule is CCOC(=O)C1=C(CN2CCCN(C(=O)NC(C)C)CC2)N(C)C(=O)N[C@@H]1c1ccc(C)cc1C. The average molecular weight is 486 g/mol. The fourth-order valence-corrected chi connectivity index (χ4v) is 4.66. The van der Waals surface area contributed by atoms with Crippen LogP contribution in [0.1, 0.15) is 49.9 Å². The van der Waals surface area contributed by atoms with E-state index >= 15 is 0 Å². The molecule has 0 aromatic heterocycles. The maximum absolute atomic E-state index is 13.2. The first-order chi connectivity index (χ1) is 16.6. The number of aryl methyl sites for hydroxylation is 2. The number of nitrogens with zero attached hydrogens (tertiary/aromatic N) is 3. The van der Waals surface area contributed by atoms with Crippen LogP contribution in [0.15, 0.2) is 29.5 Å². The lowest BCUT2D eigenvalue weighted by molar-refractivity contribution is -0.139. The highest BCUT2D eigenvalue weighted by Crippen LogP contribution is 2.33. The first kappa shape index (κ1) is 26.5. The van der Waals surface area contributed by atoms with Gasteiger partial charge in [-0.15, -0.1) is 0 Å². The lowest BCUT2D eigenvalue weighted by atomic mass is 9.90. The molecule has 2 heterocycles. The molecular weight excluding hydrogens is 446 g/mol. The maximum Gasteiger partial charge on any atom is 0.338 e. The second-order valence-electron chi connectivity index (χ2n) is 9.60. The Bertz CT molecular complexity index is 990. The maximum atomic E-state index is 13.2. The second-order valence-corrected chi connectivity index (χ2v) is 9.60. The number of hydrogen-bond donors (Lipinski definition) is 2. The Kier molecular flexibility index (Phi) is 8.77. The van der Waals surface area contributed by atoms with Crippen molar-refractivity contribution in [2.24, 2.45) is 0 Å².